The molecule has 0 aliphatic rings. The lowest BCUT2D eigenvalue weighted by Gasteiger charge is -2.18. The van der Waals surface area contributed by atoms with E-state index in [0.29, 0.717) is 12.2 Å². The number of nitrogens with one attached hydrogen (secondary N) is 1. The fourth-order valence-electron chi connectivity index (χ4n) is 2.87. The van der Waals surface area contributed by atoms with E-state index in [-0.39, 0.29) is 5.91 Å². The average molecular weight is 350 g/mol. The molecular formula is C19H20N5O2-. The third-order valence-corrected chi connectivity index (χ3v) is 4.05. The number of aryl methyl sites for hydroxylation is 2. The highest BCUT2D eigenvalue weighted by molar-refractivity contribution is 5.95. The molecule has 0 fully saturated rings. The van der Waals surface area contributed by atoms with Gasteiger partial charge in [-0.1, -0.05) is 18.2 Å². The Kier molecular flexibility index (Phi) is 5.26. The highest BCUT2D eigenvalue weighted by Crippen LogP contribution is 2.22. The SMILES string of the molecule is COc1ccc(C[C@@H](C(=O)Nc2cc(C)cc(C)c2)c2nnn[n-]2)cc1. The van der Waals surface area contributed by atoms with Gasteiger partial charge in [-0.3, -0.25) is 15.1 Å². The van der Waals surface area contributed by atoms with Crippen LogP contribution in [-0.2, 0) is 11.2 Å². The van der Waals surface area contributed by atoms with Gasteiger partial charge in [-0.15, -0.1) is 0 Å². The second kappa shape index (κ2) is 7.77. The summed E-state index contributed by atoms with van der Waals surface area (Å²) in [4.78, 5) is 12.9. The van der Waals surface area contributed by atoms with E-state index in [9.17, 15) is 4.79 Å². The Morgan fingerprint density at radius 1 is 1.15 bits per heavy atom. The summed E-state index contributed by atoms with van der Waals surface area (Å²) in [5.41, 5.74) is 3.88. The summed E-state index contributed by atoms with van der Waals surface area (Å²) >= 11 is 0. The van der Waals surface area contributed by atoms with Crippen LogP contribution in [0.3, 0.4) is 0 Å². The van der Waals surface area contributed by atoms with Crippen molar-refractivity contribution in [3.05, 3.63) is 65.0 Å². The smallest absolute Gasteiger partial charge is 0.232 e. The number of carbonyl (C=O) groups is 1. The van der Waals surface area contributed by atoms with E-state index >= 15 is 0 Å². The van der Waals surface area contributed by atoms with Crippen molar-refractivity contribution in [3.8, 4) is 5.75 Å². The number of anilines is 1. The minimum Gasteiger partial charge on any atom is -0.497 e. The number of carbonyl (C=O) groups excluding carboxylic acids is 1. The molecule has 1 N–H and O–H groups in total. The molecule has 1 aromatic heterocycles. The van der Waals surface area contributed by atoms with Crippen molar-refractivity contribution in [1.82, 2.24) is 20.6 Å². The zero-order valence-electron chi connectivity index (χ0n) is 14.9. The number of benzene rings is 2. The lowest BCUT2D eigenvalue weighted by Crippen LogP contribution is -2.24. The maximum Gasteiger partial charge on any atom is 0.232 e. The summed E-state index contributed by atoms with van der Waals surface area (Å²) in [6.45, 7) is 3.98. The number of aromatic nitrogens is 4. The molecule has 1 amide bonds. The van der Waals surface area contributed by atoms with Gasteiger partial charge in [0.15, 0.2) is 0 Å². The molecule has 0 spiro atoms. The molecule has 0 aliphatic carbocycles. The molecule has 0 radical (unpaired) electrons. The summed E-state index contributed by atoms with van der Waals surface area (Å²) in [6, 6.07) is 13.5. The minimum atomic E-state index is -0.584. The number of ether oxygens (including phenoxy) is 1. The van der Waals surface area contributed by atoms with Crippen molar-refractivity contribution in [2.24, 2.45) is 0 Å². The Balaban J connectivity index is 1.82. The van der Waals surface area contributed by atoms with Gasteiger partial charge in [0.1, 0.15) is 5.75 Å². The normalized spacial score (nSPS) is 11.8. The third-order valence-electron chi connectivity index (χ3n) is 4.05. The molecule has 0 saturated heterocycles. The van der Waals surface area contributed by atoms with Crippen LogP contribution in [0.2, 0.25) is 0 Å². The summed E-state index contributed by atoms with van der Waals surface area (Å²) in [7, 11) is 1.62. The number of amides is 1. The summed E-state index contributed by atoms with van der Waals surface area (Å²) in [6.07, 6.45) is 0.438. The van der Waals surface area contributed by atoms with Crippen molar-refractivity contribution in [1.29, 1.82) is 0 Å². The lowest BCUT2D eigenvalue weighted by atomic mass is 9.97. The minimum absolute atomic E-state index is 0.194. The maximum absolute atomic E-state index is 12.9. The van der Waals surface area contributed by atoms with Crippen molar-refractivity contribution in [3.63, 3.8) is 0 Å². The Hall–Kier alpha value is -3.22. The molecule has 2 aromatic carbocycles. The second-order valence-corrected chi connectivity index (χ2v) is 6.21. The molecule has 0 saturated carbocycles. The van der Waals surface area contributed by atoms with Gasteiger partial charge in [-0.25, -0.2) is 0 Å². The van der Waals surface area contributed by atoms with Gasteiger partial charge in [0, 0.05) is 11.5 Å². The van der Waals surface area contributed by atoms with Crippen LogP contribution in [0, 0.1) is 13.8 Å². The molecule has 7 nitrogen and oxygen atoms in total. The summed E-state index contributed by atoms with van der Waals surface area (Å²) in [5.74, 6) is 0.292. The zero-order chi connectivity index (χ0) is 18.5. The van der Waals surface area contributed by atoms with Crippen molar-refractivity contribution in [2.45, 2.75) is 26.2 Å². The summed E-state index contributed by atoms with van der Waals surface area (Å²) in [5, 5.41) is 17.8. The van der Waals surface area contributed by atoms with E-state index in [1.165, 1.54) is 0 Å². The molecule has 3 rings (SSSR count). The molecule has 7 heteroatoms. The van der Waals surface area contributed by atoms with Gasteiger partial charge in [-0.2, -0.15) is 5.21 Å². The molecule has 0 aliphatic heterocycles. The fourth-order valence-corrected chi connectivity index (χ4v) is 2.87. The van der Waals surface area contributed by atoms with Crippen LogP contribution in [0.1, 0.15) is 28.4 Å². The standard InChI is InChI=1S/C19H21N5O2/c1-12-8-13(2)10-15(9-12)20-19(25)17(18-21-23-24-22-18)11-14-4-6-16(26-3)7-5-14/h4-10,17H,11H2,1-3H3,(H2,20,21,22,23,24,25)/p-1/t17-/m1/s1. The predicted molar refractivity (Wildman–Crippen MR) is 97.1 cm³/mol. The number of rotatable bonds is 6. The highest BCUT2D eigenvalue weighted by atomic mass is 16.5. The maximum atomic E-state index is 12.9. The Morgan fingerprint density at radius 3 is 2.42 bits per heavy atom. The van der Waals surface area contributed by atoms with E-state index < -0.39 is 5.92 Å². The van der Waals surface area contributed by atoms with Crippen LogP contribution in [0.4, 0.5) is 5.69 Å². The second-order valence-electron chi connectivity index (χ2n) is 6.21. The number of hydrogen-bond donors (Lipinski definition) is 1. The molecule has 1 atom stereocenters. The first-order valence-electron chi connectivity index (χ1n) is 8.26. The van der Waals surface area contributed by atoms with Crippen LogP contribution >= 0.6 is 0 Å². The first kappa shape index (κ1) is 17.6. The zero-order valence-corrected chi connectivity index (χ0v) is 14.9. The average Bonchev–Trinajstić information content (AvgIpc) is 3.13. The van der Waals surface area contributed by atoms with E-state index in [0.717, 1.165) is 28.1 Å². The number of tetrazole rings is 1. The van der Waals surface area contributed by atoms with Crippen LogP contribution in [0.15, 0.2) is 42.5 Å². The van der Waals surface area contributed by atoms with Crippen LogP contribution in [-0.4, -0.2) is 28.5 Å². The van der Waals surface area contributed by atoms with Gasteiger partial charge in [0.05, 0.1) is 13.0 Å². The van der Waals surface area contributed by atoms with E-state index in [4.69, 9.17) is 4.74 Å². The fraction of sp³-hybridized carbons (Fsp3) is 0.263. The number of hydrogen-bond acceptors (Lipinski definition) is 5. The molecule has 3 aromatic rings. The molecule has 134 valence electrons. The van der Waals surface area contributed by atoms with E-state index in [1.54, 1.807) is 7.11 Å². The van der Waals surface area contributed by atoms with Gasteiger partial charge in [0.25, 0.3) is 0 Å². The number of nitrogens with zero attached hydrogens (tertiary/aromatic N) is 4. The summed E-state index contributed by atoms with van der Waals surface area (Å²) < 4.78 is 5.17. The van der Waals surface area contributed by atoms with Crippen LogP contribution in [0.5, 0.6) is 5.75 Å². The van der Waals surface area contributed by atoms with Gasteiger partial charge >= 0.3 is 0 Å². The van der Waals surface area contributed by atoms with Gasteiger partial charge in [-0.05, 0) is 61.2 Å². The molecule has 1 heterocycles. The molecule has 0 unspecified atom stereocenters. The van der Waals surface area contributed by atoms with Gasteiger partial charge < -0.3 is 15.2 Å². The van der Waals surface area contributed by atoms with Crippen molar-refractivity contribution >= 4 is 11.6 Å². The third kappa shape index (κ3) is 4.24. The van der Waals surface area contributed by atoms with E-state index in [2.05, 4.69) is 32.0 Å². The van der Waals surface area contributed by atoms with Crippen LogP contribution in [0.25, 0.3) is 0 Å². The Labute approximate surface area is 151 Å². The quantitative estimate of drug-likeness (QED) is 0.734. The highest BCUT2D eigenvalue weighted by Gasteiger charge is 2.21. The lowest BCUT2D eigenvalue weighted by molar-refractivity contribution is -0.117. The predicted octanol–water partition coefficient (Wildman–Crippen LogP) is 2.42. The van der Waals surface area contributed by atoms with Crippen molar-refractivity contribution < 1.29 is 9.53 Å². The Bertz CT molecular complexity index is 855. The molecular weight excluding hydrogens is 330 g/mol. The number of methoxy groups -OCH3 is 1. The topological polar surface area (TPSA) is 91.1 Å². The van der Waals surface area contributed by atoms with Gasteiger partial charge in [0.2, 0.25) is 5.91 Å². The largest absolute Gasteiger partial charge is 0.497 e. The Morgan fingerprint density at radius 2 is 1.85 bits per heavy atom. The van der Waals surface area contributed by atoms with Crippen LogP contribution < -0.4 is 15.2 Å². The van der Waals surface area contributed by atoms with Crippen molar-refractivity contribution in [2.75, 3.05) is 12.4 Å². The van der Waals surface area contributed by atoms with E-state index in [1.807, 2.05) is 50.2 Å². The molecule has 26 heavy (non-hydrogen) atoms. The molecule has 0 bridgehead atoms. The first-order valence-corrected chi connectivity index (χ1v) is 8.26. The first-order chi connectivity index (χ1) is 12.5. The monoisotopic (exact) mass is 350 g/mol.